The predicted molar refractivity (Wildman–Crippen MR) is 243 cm³/mol. The molecule has 0 spiro atoms. The Kier molecular flexibility index (Phi) is 11.8. The van der Waals surface area contributed by atoms with Crippen LogP contribution >= 0.6 is 0 Å². The van der Waals surface area contributed by atoms with Gasteiger partial charge in [0.25, 0.3) is 0 Å². The van der Waals surface area contributed by atoms with Gasteiger partial charge in [0, 0.05) is 61.5 Å². The van der Waals surface area contributed by atoms with Crippen LogP contribution in [-0.2, 0) is 41.9 Å². The van der Waals surface area contributed by atoms with Crippen molar-refractivity contribution >= 4 is 46.8 Å². The number of carbonyl (C=O) groups is 6. The molecule has 4 aromatic carbocycles. The Morgan fingerprint density at radius 3 is 1.49 bits per heavy atom. The average Bonchev–Trinajstić information content (AvgIpc) is 4.19. The number of aromatic nitrogens is 1. The number of benzene rings is 4. The van der Waals surface area contributed by atoms with Crippen molar-refractivity contribution in [2.45, 2.75) is 101 Å². The topological polar surface area (TPSA) is 165 Å². The number of hydrogen-bond donors (Lipinski definition) is 2. The van der Waals surface area contributed by atoms with Crippen molar-refractivity contribution in [2.75, 3.05) is 23.7 Å². The van der Waals surface area contributed by atoms with Crippen molar-refractivity contribution in [3.05, 3.63) is 127 Å². The highest BCUT2D eigenvalue weighted by atomic mass is 16.4. The second-order valence-corrected chi connectivity index (χ2v) is 18.0. The van der Waals surface area contributed by atoms with Crippen LogP contribution in [0.2, 0.25) is 0 Å². The summed E-state index contributed by atoms with van der Waals surface area (Å²) in [6.45, 7) is 5.21. The molecule has 0 radical (unpaired) electrons. The summed E-state index contributed by atoms with van der Waals surface area (Å²) in [6.07, 6.45) is 5.46. The van der Waals surface area contributed by atoms with Crippen molar-refractivity contribution in [1.29, 1.82) is 0 Å². The Labute approximate surface area is 378 Å². The summed E-state index contributed by atoms with van der Waals surface area (Å²) >= 11 is 0. The lowest BCUT2D eigenvalue weighted by atomic mass is 9.95. The normalized spacial score (nSPS) is 23.0. The molecule has 5 aromatic rings. The number of nitrogens with one attached hydrogen (secondary N) is 2. The molecule has 4 fully saturated rings. The Bertz CT molecular complexity index is 2420. The Morgan fingerprint density at radius 2 is 1.05 bits per heavy atom. The fraction of sp³-hybridized carbons (Fsp3) is 0.353. The van der Waals surface area contributed by atoms with Gasteiger partial charge in [0.05, 0.1) is 6.20 Å². The summed E-state index contributed by atoms with van der Waals surface area (Å²) in [5, 5.41) is 5.97. The van der Waals surface area contributed by atoms with Gasteiger partial charge in [0.2, 0.25) is 41.3 Å². The van der Waals surface area contributed by atoms with Crippen molar-refractivity contribution in [1.82, 2.24) is 24.6 Å². The molecule has 4 saturated heterocycles. The maximum Gasteiger partial charge on any atom is 0.248 e. The van der Waals surface area contributed by atoms with Crippen molar-refractivity contribution in [3.63, 3.8) is 0 Å². The van der Waals surface area contributed by atoms with E-state index in [1.165, 1.54) is 0 Å². The van der Waals surface area contributed by atoms with Gasteiger partial charge in [0.1, 0.15) is 23.2 Å². The third-order valence-corrected chi connectivity index (χ3v) is 13.7. The number of rotatable bonds is 12. The van der Waals surface area contributed by atoms with Crippen LogP contribution in [0.15, 0.2) is 120 Å². The van der Waals surface area contributed by atoms with Crippen LogP contribution in [0.4, 0.5) is 11.4 Å². The van der Waals surface area contributed by atoms with Gasteiger partial charge in [-0.2, -0.15) is 0 Å². The lowest BCUT2D eigenvalue weighted by Crippen LogP contribution is -2.57. The molecule has 14 nitrogen and oxygen atoms in total. The standard InChI is InChI=1S/C51H53N7O7/c1-50(27-25-43(59)57(50)32-34-11-5-3-6-12-34)48(63)55-29-9-15-40(55)45(61)53-38-21-17-36(18-22-38)42-31-52-47(65-42)37-19-23-39(24-20-37)54-46(62)41-16-10-30-56(41)49(64)51(2)28-26-44(60)58(51)33-35-13-7-4-8-14-35/h3-8,11-14,17-24,31,40-41H,9-10,15-16,25-30,32-33H2,1-2H3,(H,53,61)(H,54,62)/t40?,41-,50?,51-/m0/s1. The van der Waals surface area contributed by atoms with E-state index in [0.717, 1.165) is 16.7 Å². The zero-order valence-corrected chi connectivity index (χ0v) is 36.7. The molecule has 6 amide bonds. The summed E-state index contributed by atoms with van der Waals surface area (Å²) < 4.78 is 6.13. The predicted octanol–water partition coefficient (Wildman–Crippen LogP) is 7.03. The lowest BCUT2D eigenvalue weighted by molar-refractivity contribution is -0.150. The number of amides is 6. The number of anilines is 2. The van der Waals surface area contributed by atoms with Crippen LogP contribution in [0, 0.1) is 0 Å². The van der Waals surface area contributed by atoms with Crippen LogP contribution in [0.1, 0.15) is 76.3 Å². The van der Waals surface area contributed by atoms with Crippen molar-refractivity contribution in [3.8, 4) is 22.8 Å². The minimum absolute atomic E-state index is 0.0627. The van der Waals surface area contributed by atoms with Gasteiger partial charge in [-0.1, -0.05) is 60.7 Å². The van der Waals surface area contributed by atoms with Crippen LogP contribution in [-0.4, -0.2) is 96.3 Å². The van der Waals surface area contributed by atoms with Crippen molar-refractivity contribution in [2.24, 2.45) is 0 Å². The molecule has 4 aliphatic heterocycles. The van der Waals surface area contributed by atoms with E-state index in [-0.39, 0.29) is 48.3 Å². The molecule has 2 N–H and O–H groups in total. The maximum atomic E-state index is 14.1. The van der Waals surface area contributed by atoms with E-state index in [2.05, 4.69) is 15.6 Å². The van der Waals surface area contributed by atoms with E-state index in [9.17, 15) is 28.8 Å². The highest BCUT2D eigenvalue weighted by molar-refractivity contribution is 6.02. The van der Waals surface area contributed by atoms with Gasteiger partial charge in [0.15, 0.2) is 5.76 Å². The molecule has 4 atom stereocenters. The number of likely N-dealkylation sites (tertiary alicyclic amines) is 4. The van der Waals surface area contributed by atoms with Gasteiger partial charge in [-0.05, 0) is 112 Å². The van der Waals surface area contributed by atoms with E-state index < -0.39 is 23.2 Å². The van der Waals surface area contributed by atoms with Gasteiger partial charge < -0.3 is 34.7 Å². The molecular formula is C51H53N7O7. The van der Waals surface area contributed by atoms with Crippen LogP contribution in [0.25, 0.3) is 22.8 Å². The molecule has 2 unspecified atom stereocenters. The molecule has 9 rings (SSSR count). The fourth-order valence-electron chi connectivity index (χ4n) is 9.88. The smallest absolute Gasteiger partial charge is 0.248 e. The highest BCUT2D eigenvalue weighted by Crippen LogP contribution is 2.38. The first kappa shape index (κ1) is 43.2. The minimum atomic E-state index is -1.03. The Balaban J connectivity index is 0.797. The number of nitrogens with zero attached hydrogens (tertiary/aromatic N) is 5. The number of hydrogen-bond acceptors (Lipinski definition) is 8. The molecule has 334 valence electrons. The first-order valence-corrected chi connectivity index (χ1v) is 22.5. The summed E-state index contributed by atoms with van der Waals surface area (Å²) in [5.74, 6) is -0.169. The zero-order chi connectivity index (χ0) is 45.3. The van der Waals surface area contributed by atoms with E-state index in [1.807, 2.05) is 86.6 Å². The SMILES string of the molecule is CC1(C(=O)N2CCCC2C(=O)Nc2ccc(-c3cnc(-c4ccc(NC(=O)[C@@H]5CCCN5C(=O)[C@]5(C)CCC(=O)N5Cc5ccccc5)cc4)o3)cc2)CCC(=O)N1Cc1ccccc1. The highest BCUT2D eigenvalue weighted by Gasteiger charge is 2.53. The third-order valence-electron chi connectivity index (χ3n) is 13.7. The molecule has 0 saturated carbocycles. The largest absolute Gasteiger partial charge is 0.436 e. The Morgan fingerprint density at radius 1 is 0.615 bits per heavy atom. The van der Waals surface area contributed by atoms with Gasteiger partial charge in [-0.25, -0.2) is 4.98 Å². The molecule has 0 bridgehead atoms. The second kappa shape index (κ2) is 17.8. The second-order valence-electron chi connectivity index (χ2n) is 18.0. The zero-order valence-electron chi connectivity index (χ0n) is 36.7. The van der Waals surface area contributed by atoms with Gasteiger partial charge in [-0.3, -0.25) is 28.8 Å². The third kappa shape index (κ3) is 8.52. The first-order chi connectivity index (χ1) is 31.4. The summed E-state index contributed by atoms with van der Waals surface area (Å²) in [5.41, 5.74) is 2.41. The molecule has 65 heavy (non-hydrogen) atoms. The summed E-state index contributed by atoms with van der Waals surface area (Å²) in [4.78, 5) is 92.7. The monoisotopic (exact) mass is 875 g/mol. The molecule has 14 heteroatoms. The van der Waals surface area contributed by atoms with Crippen LogP contribution in [0.3, 0.4) is 0 Å². The van der Waals surface area contributed by atoms with E-state index in [4.69, 9.17) is 4.42 Å². The van der Waals surface area contributed by atoms with Gasteiger partial charge >= 0.3 is 0 Å². The first-order valence-electron chi connectivity index (χ1n) is 22.5. The summed E-state index contributed by atoms with van der Waals surface area (Å²) in [7, 11) is 0. The Hall–Kier alpha value is -7.09. The molecule has 1 aromatic heterocycles. The molecule has 0 aliphatic carbocycles. The fourth-order valence-corrected chi connectivity index (χ4v) is 9.88. The average molecular weight is 876 g/mol. The lowest BCUT2D eigenvalue weighted by Gasteiger charge is -2.38. The maximum absolute atomic E-state index is 14.1. The summed E-state index contributed by atoms with van der Waals surface area (Å²) in [6, 6.07) is 32.3. The van der Waals surface area contributed by atoms with E-state index >= 15 is 0 Å². The van der Waals surface area contributed by atoms with Crippen LogP contribution < -0.4 is 10.6 Å². The van der Waals surface area contributed by atoms with Crippen molar-refractivity contribution < 1.29 is 33.2 Å². The molecule has 5 heterocycles. The van der Waals surface area contributed by atoms with Crippen LogP contribution in [0.5, 0.6) is 0 Å². The quantitative estimate of drug-likeness (QED) is 0.135. The molecule has 4 aliphatic rings. The minimum Gasteiger partial charge on any atom is -0.436 e. The number of oxazole rings is 1. The number of carbonyl (C=O) groups excluding carboxylic acids is 6. The van der Waals surface area contributed by atoms with E-state index in [0.29, 0.717) is 93.3 Å². The molecular weight excluding hydrogens is 823 g/mol. The van der Waals surface area contributed by atoms with E-state index in [1.54, 1.807) is 62.2 Å². The van der Waals surface area contributed by atoms with Gasteiger partial charge in [-0.15, -0.1) is 0 Å².